The van der Waals surface area contributed by atoms with Crippen molar-refractivity contribution in [1.29, 1.82) is 0 Å². The number of carbonyl (C=O) groups is 1. The Labute approximate surface area is 60.0 Å². The molecule has 0 unspecified atom stereocenters. The smallest absolute Gasteiger partial charge is 0.226 e. The third-order valence-corrected chi connectivity index (χ3v) is 2.68. The van der Waals surface area contributed by atoms with E-state index in [-0.39, 0.29) is 17.4 Å². The zero-order chi connectivity index (χ0) is 7.19. The minimum absolute atomic E-state index is 0.0284. The van der Waals surface area contributed by atoms with Crippen molar-refractivity contribution in [1.82, 2.24) is 5.32 Å². The number of rotatable bonds is 0. The quantitative estimate of drug-likeness (QED) is 0.481. The van der Waals surface area contributed by atoms with Crippen LogP contribution < -0.4 is 11.1 Å². The highest BCUT2D eigenvalue weighted by molar-refractivity contribution is 5.85. The summed E-state index contributed by atoms with van der Waals surface area (Å²) < 4.78 is 0. The van der Waals surface area contributed by atoms with Gasteiger partial charge in [-0.25, -0.2) is 0 Å². The molecule has 0 aromatic rings. The summed E-state index contributed by atoms with van der Waals surface area (Å²) in [4.78, 5) is 11.2. The van der Waals surface area contributed by atoms with Crippen LogP contribution in [0.3, 0.4) is 0 Å². The maximum absolute atomic E-state index is 11.2. The number of hydrogen-bond acceptors (Lipinski definition) is 2. The van der Waals surface area contributed by atoms with Gasteiger partial charge < -0.3 is 11.1 Å². The van der Waals surface area contributed by atoms with Gasteiger partial charge in [-0.15, -0.1) is 0 Å². The molecule has 56 valence electrons. The van der Waals surface area contributed by atoms with E-state index in [1.807, 2.05) is 0 Å². The first-order valence-electron chi connectivity index (χ1n) is 3.77. The van der Waals surface area contributed by atoms with Gasteiger partial charge in [-0.05, 0) is 19.3 Å². The molecular weight excluding hydrogens is 128 g/mol. The lowest BCUT2D eigenvalue weighted by molar-refractivity contribution is -0.132. The van der Waals surface area contributed by atoms with Crippen molar-refractivity contribution in [3.63, 3.8) is 0 Å². The molecule has 1 spiro atoms. The van der Waals surface area contributed by atoms with E-state index in [0.29, 0.717) is 0 Å². The fourth-order valence-corrected chi connectivity index (χ4v) is 2.05. The van der Waals surface area contributed by atoms with Crippen LogP contribution in [0.2, 0.25) is 0 Å². The molecule has 1 heterocycles. The van der Waals surface area contributed by atoms with Gasteiger partial charge in [0.1, 0.15) is 0 Å². The Kier molecular flexibility index (Phi) is 1.06. The molecule has 2 fully saturated rings. The van der Waals surface area contributed by atoms with Crippen LogP contribution in [0.4, 0.5) is 0 Å². The lowest BCUT2D eigenvalue weighted by Gasteiger charge is -2.40. The van der Waals surface area contributed by atoms with Gasteiger partial charge in [0.25, 0.3) is 0 Å². The van der Waals surface area contributed by atoms with Crippen molar-refractivity contribution < 1.29 is 4.79 Å². The molecule has 10 heavy (non-hydrogen) atoms. The Morgan fingerprint density at radius 3 is 2.70 bits per heavy atom. The van der Waals surface area contributed by atoms with Crippen LogP contribution in [-0.4, -0.2) is 18.5 Å². The van der Waals surface area contributed by atoms with Gasteiger partial charge in [0.15, 0.2) is 0 Å². The lowest BCUT2D eigenvalue weighted by Crippen LogP contribution is -2.50. The summed E-state index contributed by atoms with van der Waals surface area (Å²) in [7, 11) is 0. The Bertz CT molecular complexity index is 172. The molecule has 2 aliphatic rings. The standard InChI is InChI=1S/C7H12N2O/c8-5-3-7(4-5)1-2-9-6(7)10/h5H,1-4,8H2,(H,9,10). The van der Waals surface area contributed by atoms with E-state index in [2.05, 4.69) is 5.32 Å². The third kappa shape index (κ3) is 0.611. The van der Waals surface area contributed by atoms with Crippen molar-refractivity contribution in [2.45, 2.75) is 25.3 Å². The van der Waals surface area contributed by atoms with Crippen molar-refractivity contribution in [3.05, 3.63) is 0 Å². The Balaban J connectivity index is 2.10. The third-order valence-electron chi connectivity index (χ3n) is 2.68. The zero-order valence-corrected chi connectivity index (χ0v) is 5.89. The normalized spacial score (nSPS) is 45.3. The molecule has 1 aliphatic carbocycles. The van der Waals surface area contributed by atoms with E-state index in [0.717, 1.165) is 25.8 Å². The second-order valence-corrected chi connectivity index (χ2v) is 3.45. The molecule has 0 aromatic heterocycles. The minimum atomic E-state index is -0.0284. The molecule has 3 heteroatoms. The monoisotopic (exact) mass is 140 g/mol. The molecule has 1 saturated heterocycles. The van der Waals surface area contributed by atoms with Crippen LogP contribution in [-0.2, 0) is 4.79 Å². The number of hydrogen-bond donors (Lipinski definition) is 2. The molecule has 0 radical (unpaired) electrons. The molecule has 1 aliphatic heterocycles. The van der Waals surface area contributed by atoms with Gasteiger partial charge in [0.05, 0.1) is 5.41 Å². The summed E-state index contributed by atoms with van der Waals surface area (Å²) in [5, 5.41) is 2.84. The highest BCUT2D eigenvalue weighted by atomic mass is 16.2. The molecule has 3 N–H and O–H groups in total. The Hall–Kier alpha value is -0.570. The van der Waals surface area contributed by atoms with E-state index >= 15 is 0 Å². The molecule has 0 bridgehead atoms. The molecular formula is C7H12N2O. The highest BCUT2D eigenvalue weighted by Crippen LogP contribution is 2.45. The van der Waals surface area contributed by atoms with Gasteiger partial charge in [0, 0.05) is 12.6 Å². The maximum atomic E-state index is 11.2. The number of carbonyl (C=O) groups excluding carboxylic acids is 1. The minimum Gasteiger partial charge on any atom is -0.356 e. The average Bonchev–Trinajstić information content (AvgIpc) is 2.12. The van der Waals surface area contributed by atoms with Crippen LogP contribution in [0.25, 0.3) is 0 Å². The van der Waals surface area contributed by atoms with Gasteiger partial charge >= 0.3 is 0 Å². The van der Waals surface area contributed by atoms with E-state index in [4.69, 9.17) is 5.73 Å². The van der Waals surface area contributed by atoms with Crippen LogP contribution >= 0.6 is 0 Å². The Morgan fingerprint density at radius 2 is 2.30 bits per heavy atom. The van der Waals surface area contributed by atoms with Gasteiger partial charge in [0.2, 0.25) is 5.91 Å². The molecule has 0 aromatic carbocycles. The first-order chi connectivity index (χ1) is 4.73. The van der Waals surface area contributed by atoms with Crippen molar-refractivity contribution >= 4 is 5.91 Å². The van der Waals surface area contributed by atoms with Crippen LogP contribution in [0.1, 0.15) is 19.3 Å². The fourth-order valence-electron chi connectivity index (χ4n) is 2.05. The number of amides is 1. The number of nitrogens with two attached hydrogens (primary N) is 1. The zero-order valence-electron chi connectivity index (χ0n) is 5.89. The van der Waals surface area contributed by atoms with Crippen LogP contribution in [0.5, 0.6) is 0 Å². The molecule has 3 nitrogen and oxygen atoms in total. The van der Waals surface area contributed by atoms with Gasteiger partial charge in [-0.3, -0.25) is 4.79 Å². The first kappa shape index (κ1) is 6.16. The summed E-state index contributed by atoms with van der Waals surface area (Å²) >= 11 is 0. The van der Waals surface area contributed by atoms with Crippen LogP contribution in [0, 0.1) is 5.41 Å². The lowest BCUT2D eigenvalue weighted by atomic mass is 9.65. The SMILES string of the molecule is NC1CC2(CCNC2=O)C1. The first-order valence-corrected chi connectivity index (χ1v) is 3.77. The highest BCUT2D eigenvalue weighted by Gasteiger charge is 2.50. The Morgan fingerprint density at radius 1 is 1.60 bits per heavy atom. The van der Waals surface area contributed by atoms with Crippen molar-refractivity contribution in [3.8, 4) is 0 Å². The summed E-state index contributed by atoms with van der Waals surface area (Å²) in [6, 6.07) is 0.281. The van der Waals surface area contributed by atoms with E-state index in [1.165, 1.54) is 0 Å². The van der Waals surface area contributed by atoms with E-state index in [9.17, 15) is 4.79 Å². The van der Waals surface area contributed by atoms with Gasteiger partial charge in [-0.1, -0.05) is 0 Å². The predicted molar refractivity (Wildman–Crippen MR) is 37.3 cm³/mol. The fraction of sp³-hybridized carbons (Fsp3) is 0.857. The summed E-state index contributed by atoms with van der Waals surface area (Å²) in [5.41, 5.74) is 5.59. The largest absolute Gasteiger partial charge is 0.356 e. The van der Waals surface area contributed by atoms with Crippen LogP contribution in [0.15, 0.2) is 0 Å². The maximum Gasteiger partial charge on any atom is 0.226 e. The predicted octanol–water partition coefficient (Wildman–Crippen LogP) is -0.386. The molecule has 2 rings (SSSR count). The molecule has 1 amide bonds. The van der Waals surface area contributed by atoms with Gasteiger partial charge in [-0.2, -0.15) is 0 Å². The van der Waals surface area contributed by atoms with Crippen molar-refractivity contribution in [2.75, 3.05) is 6.54 Å². The molecule has 1 saturated carbocycles. The van der Waals surface area contributed by atoms with E-state index < -0.39 is 0 Å². The summed E-state index contributed by atoms with van der Waals surface area (Å²) in [5.74, 6) is 0.231. The molecule has 0 atom stereocenters. The average molecular weight is 140 g/mol. The summed E-state index contributed by atoms with van der Waals surface area (Å²) in [6.45, 7) is 0.853. The number of nitrogens with one attached hydrogen (secondary N) is 1. The second-order valence-electron chi connectivity index (χ2n) is 3.45. The second kappa shape index (κ2) is 1.72. The topological polar surface area (TPSA) is 55.1 Å². The summed E-state index contributed by atoms with van der Waals surface area (Å²) in [6.07, 6.45) is 2.80. The van der Waals surface area contributed by atoms with Crippen molar-refractivity contribution in [2.24, 2.45) is 11.1 Å². The van der Waals surface area contributed by atoms with E-state index in [1.54, 1.807) is 0 Å².